The molecular formula is C20H13N5O3. The monoisotopic (exact) mass is 371 g/mol. The zero-order valence-electron chi connectivity index (χ0n) is 14.8. The fourth-order valence-corrected chi connectivity index (χ4v) is 3.08. The Labute approximate surface area is 159 Å². The first kappa shape index (κ1) is 17.3. The molecule has 0 aliphatic carbocycles. The number of nitro benzene ring substituents is 1. The summed E-state index contributed by atoms with van der Waals surface area (Å²) in [4.78, 5) is 33.2. The smallest absolute Gasteiger partial charge is 0.269 e. The van der Waals surface area contributed by atoms with Crippen molar-refractivity contribution in [3.63, 3.8) is 0 Å². The molecule has 0 radical (unpaired) electrons. The highest BCUT2D eigenvalue weighted by Crippen LogP contribution is 2.37. The molecule has 1 aliphatic rings. The fourth-order valence-electron chi connectivity index (χ4n) is 3.08. The number of fused-ring (bicyclic) bond motifs is 1. The summed E-state index contributed by atoms with van der Waals surface area (Å²) in [5, 5.41) is 20.4. The van der Waals surface area contributed by atoms with Gasteiger partial charge in [-0.3, -0.25) is 19.8 Å². The van der Waals surface area contributed by atoms with Gasteiger partial charge in [-0.25, -0.2) is 9.97 Å². The topological polar surface area (TPSA) is 113 Å². The zero-order valence-corrected chi connectivity index (χ0v) is 14.8. The minimum atomic E-state index is -0.505. The number of anilines is 2. The second kappa shape index (κ2) is 6.55. The number of hydrogen-bond acceptors (Lipinski definition) is 6. The van der Waals surface area contributed by atoms with Crippen LogP contribution in [-0.2, 0) is 11.2 Å². The van der Waals surface area contributed by atoms with Crippen LogP contribution < -0.4 is 4.90 Å². The number of aromatic nitrogens is 2. The van der Waals surface area contributed by atoms with Gasteiger partial charge in [-0.2, -0.15) is 5.26 Å². The van der Waals surface area contributed by atoms with E-state index < -0.39 is 4.92 Å². The Balaban J connectivity index is 1.84. The van der Waals surface area contributed by atoms with Crippen molar-refractivity contribution in [2.75, 3.05) is 4.90 Å². The van der Waals surface area contributed by atoms with E-state index in [-0.39, 0.29) is 23.7 Å². The van der Waals surface area contributed by atoms with E-state index >= 15 is 0 Å². The number of nitriles is 1. The number of nitrogens with zero attached hydrogens (tertiary/aromatic N) is 5. The van der Waals surface area contributed by atoms with Crippen LogP contribution in [0, 0.1) is 28.4 Å². The van der Waals surface area contributed by atoms with Gasteiger partial charge in [-0.1, -0.05) is 29.8 Å². The molecule has 0 saturated carbocycles. The van der Waals surface area contributed by atoms with Crippen LogP contribution in [0.15, 0.2) is 48.5 Å². The molecule has 0 unspecified atom stereocenters. The summed E-state index contributed by atoms with van der Waals surface area (Å²) in [5.74, 6) is 0.411. The summed E-state index contributed by atoms with van der Waals surface area (Å²) < 4.78 is 0. The van der Waals surface area contributed by atoms with Gasteiger partial charge < -0.3 is 0 Å². The Kier molecular flexibility index (Phi) is 4.05. The van der Waals surface area contributed by atoms with Crippen molar-refractivity contribution in [2.45, 2.75) is 13.3 Å². The van der Waals surface area contributed by atoms with Crippen molar-refractivity contribution in [3.05, 3.63) is 75.5 Å². The van der Waals surface area contributed by atoms with Crippen LogP contribution in [0.2, 0.25) is 0 Å². The van der Waals surface area contributed by atoms with Gasteiger partial charge in [0, 0.05) is 23.3 Å². The molecule has 4 rings (SSSR count). The zero-order chi connectivity index (χ0) is 19.8. The SMILES string of the molecule is Cc1ccc(-c2nc(C#N)c3c(n2)N(c2ccc([N+](=O)[O-])cc2)C(=O)C3)cc1. The number of hydrogen-bond donors (Lipinski definition) is 0. The Morgan fingerprint density at radius 2 is 1.79 bits per heavy atom. The number of non-ortho nitro benzene ring substituents is 1. The maximum Gasteiger partial charge on any atom is 0.269 e. The van der Waals surface area contributed by atoms with Crippen LogP contribution in [-0.4, -0.2) is 20.8 Å². The Morgan fingerprint density at radius 3 is 2.39 bits per heavy atom. The predicted molar refractivity (Wildman–Crippen MR) is 101 cm³/mol. The lowest BCUT2D eigenvalue weighted by Gasteiger charge is -2.17. The van der Waals surface area contributed by atoms with Crippen molar-refractivity contribution in [2.24, 2.45) is 0 Å². The van der Waals surface area contributed by atoms with Gasteiger partial charge in [-0.15, -0.1) is 0 Å². The minimum Gasteiger partial charge on any atom is -0.274 e. The van der Waals surface area contributed by atoms with E-state index in [1.54, 1.807) is 0 Å². The minimum absolute atomic E-state index is 0.00337. The van der Waals surface area contributed by atoms with Crippen molar-refractivity contribution in [3.8, 4) is 17.5 Å². The van der Waals surface area contributed by atoms with Gasteiger partial charge in [0.15, 0.2) is 5.82 Å². The Morgan fingerprint density at radius 1 is 1.11 bits per heavy atom. The number of benzene rings is 2. The number of nitro groups is 1. The average Bonchev–Trinajstić information content (AvgIpc) is 3.03. The lowest BCUT2D eigenvalue weighted by Crippen LogP contribution is -2.21. The van der Waals surface area contributed by atoms with E-state index in [9.17, 15) is 20.2 Å². The first-order chi connectivity index (χ1) is 13.5. The van der Waals surface area contributed by atoms with Crippen LogP contribution >= 0.6 is 0 Å². The molecule has 1 amide bonds. The summed E-state index contributed by atoms with van der Waals surface area (Å²) >= 11 is 0. The maximum atomic E-state index is 12.6. The summed E-state index contributed by atoms with van der Waals surface area (Å²) in [6.07, 6.45) is 0.00337. The molecule has 3 aromatic rings. The lowest BCUT2D eigenvalue weighted by molar-refractivity contribution is -0.384. The number of rotatable bonds is 3. The second-order valence-corrected chi connectivity index (χ2v) is 6.36. The fraction of sp³-hybridized carbons (Fsp3) is 0.100. The van der Waals surface area contributed by atoms with Gasteiger partial charge in [0.1, 0.15) is 17.6 Å². The third-order valence-electron chi connectivity index (χ3n) is 4.51. The molecule has 1 aliphatic heterocycles. The highest BCUT2D eigenvalue weighted by Gasteiger charge is 2.34. The number of carbonyl (C=O) groups is 1. The van der Waals surface area contributed by atoms with Gasteiger partial charge in [-0.05, 0) is 19.1 Å². The molecule has 0 atom stereocenters. The third kappa shape index (κ3) is 2.85. The van der Waals surface area contributed by atoms with E-state index in [0.717, 1.165) is 11.1 Å². The second-order valence-electron chi connectivity index (χ2n) is 6.36. The molecule has 1 aromatic heterocycles. The van der Waals surface area contributed by atoms with Gasteiger partial charge >= 0.3 is 0 Å². The van der Waals surface area contributed by atoms with Crippen LogP contribution in [0.4, 0.5) is 17.2 Å². The summed E-state index contributed by atoms with van der Waals surface area (Å²) in [6, 6.07) is 15.2. The number of carbonyl (C=O) groups excluding carboxylic acids is 1. The highest BCUT2D eigenvalue weighted by atomic mass is 16.6. The first-order valence-electron chi connectivity index (χ1n) is 8.43. The summed E-state index contributed by atoms with van der Waals surface area (Å²) in [5.41, 5.74) is 2.80. The van der Waals surface area contributed by atoms with E-state index in [0.29, 0.717) is 22.9 Å². The molecule has 0 saturated heterocycles. The molecule has 136 valence electrons. The highest BCUT2D eigenvalue weighted by molar-refractivity contribution is 6.07. The van der Waals surface area contributed by atoms with E-state index in [2.05, 4.69) is 9.97 Å². The predicted octanol–water partition coefficient (Wildman–Crippen LogP) is 3.45. The van der Waals surface area contributed by atoms with Crippen LogP contribution in [0.25, 0.3) is 11.4 Å². The lowest BCUT2D eigenvalue weighted by atomic mass is 10.1. The molecular weight excluding hydrogens is 358 g/mol. The molecule has 2 heterocycles. The molecule has 2 aromatic carbocycles. The van der Waals surface area contributed by atoms with E-state index in [4.69, 9.17) is 0 Å². The standard InChI is InChI=1S/C20H13N5O3/c1-12-2-4-13(5-3-12)19-22-17(11-21)16-10-18(26)24(20(16)23-19)14-6-8-15(9-7-14)25(27)28/h2-9H,10H2,1H3. The molecule has 8 nitrogen and oxygen atoms in total. The van der Waals surface area contributed by atoms with Gasteiger partial charge in [0.05, 0.1) is 17.0 Å². The van der Waals surface area contributed by atoms with Crippen molar-refractivity contribution in [1.82, 2.24) is 9.97 Å². The van der Waals surface area contributed by atoms with Crippen LogP contribution in [0.5, 0.6) is 0 Å². The van der Waals surface area contributed by atoms with Gasteiger partial charge in [0.25, 0.3) is 5.69 Å². The summed E-state index contributed by atoms with van der Waals surface area (Å²) in [6.45, 7) is 1.96. The third-order valence-corrected chi connectivity index (χ3v) is 4.51. The maximum absolute atomic E-state index is 12.6. The van der Waals surface area contributed by atoms with Gasteiger partial charge in [0.2, 0.25) is 5.91 Å². The largest absolute Gasteiger partial charge is 0.274 e. The molecule has 0 spiro atoms. The first-order valence-corrected chi connectivity index (χ1v) is 8.43. The molecule has 0 bridgehead atoms. The van der Waals surface area contributed by atoms with E-state index in [1.807, 2.05) is 37.3 Å². The van der Waals surface area contributed by atoms with Crippen molar-refractivity contribution < 1.29 is 9.72 Å². The molecule has 8 heteroatoms. The normalized spacial score (nSPS) is 12.6. The number of aryl methyl sites for hydroxylation is 1. The quantitative estimate of drug-likeness (QED) is 0.515. The summed E-state index contributed by atoms with van der Waals surface area (Å²) in [7, 11) is 0. The van der Waals surface area contributed by atoms with Crippen LogP contribution in [0.1, 0.15) is 16.8 Å². The van der Waals surface area contributed by atoms with Crippen LogP contribution in [0.3, 0.4) is 0 Å². The molecule has 0 fully saturated rings. The average molecular weight is 371 g/mol. The van der Waals surface area contributed by atoms with E-state index in [1.165, 1.54) is 29.2 Å². The molecule has 28 heavy (non-hydrogen) atoms. The Hall–Kier alpha value is -4.12. The Bertz CT molecular complexity index is 1150. The van der Waals surface area contributed by atoms with Crippen molar-refractivity contribution >= 4 is 23.1 Å². The molecule has 0 N–H and O–H groups in total. The van der Waals surface area contributed by atoms with Crippen molar-refractivity contribution in [1.29, 1.82) is 5.26 Å². The number of amides is 1.